The van der Waals surface area contributed by atoms with E-state index in [1.165, 1.54) is 0 Å². The molecule has 0 unspecified atom stereocenters. The Labute approximate surface area is 182 Å². The van der Waals surface area contributed by atoms with E-state index in [1.807, 2.05) is 80.6 Å². The Morgan fingerprint density at radius 1 is 0.935 bits per heavy atom. The van der Waals surface area contributed by atoms with Gasteiger partial charge in [0.1, 0.15) is 11.6 Å². The number of benzene rings is 3. The van der Waals surface area contributed by atoms with Crippen LogP contribution < -0.4 is 10.1 Å². The highest BCUT2D eigenvalue weighted by atomic mass is 16.5. The van der Waals surface area contributed by atoms with Crippen LogP contribution in [0.5, 0.6) is 5.75 Å². The maximum Gasteiger partial charge on any atom is 0.251 e. The first-order valence-electron chi connectivity index (χ1n) is 10.6. The van der Waals surface area contributed by atoms with Gasteiger partial charge in [-0.2, -0.15) is 0 Å². The third kappa shape index (κ3) is 4.77. The van der Waals surface area contributed by atoms with Crippen LogP contribution in [0.15, 0.2) is 72.8 Å². The highest BCUT2D eigenvalue weighted by Gasteiger charge is 2.13. The quantitative estimate of drug-likeness (QED) is 0.411. The number of nitrogens with one attached hydrogen (secondary N) is 1. The van der Waals surface area contributed by atoms with Crippen LogP contribution in [0, 0.1) is 13.8 Å². The number of hydrogen-bond donors (Lipinski definition) is 1. The minimum Gasteiger partial charge on any atom is -0.493 e. The molecule has 0 aliphatic carbocycles. The first kappa shape index (κ1) is 20.7. The fourth-order valence-corrected chi connectivity index (χ4v) is 3.72. The summed E-state index contributed by atoms with van der Waals surface area (Å²) in [6.45, 7) is 5.75. The number of imidazole rings is 1. The van der Waals surface area contributed by atoms with Gasteiger partial charge in [0.25, 0.3) is 5.91 Å². The standard InChI is InChI=1S/C26H27N3O2/c1-19-10-3-5-12-21(19)26(30)27-18-25-28-22-13-6-7-14-23(22)29(25)16-9-17-31-24-15-8-4-11-20(24)2/h3-8,10-15H,9,16-18H2,1-2H3,(H,27,30). The molecule has 0 aliphatic heterocycles. The molecule has 4 rings (SSSR count). The lowest BCUT2D eigenvalue weighted by molar-refractivity contribution is 0.0949. The van der Waals surface area contributed by atoms with Gasteiger partial charge in [0.15, 0.2) is 0 Å². The summed E-state index contributed by atoms with van der Waals surface area (Å²) in [4.78, 5) is 17.4. The topological polar surface area (TPSA) is 56.1 Å². The molecule has 0 saturated carbocycles. The molecule has 0 radical (unpaired) electrons. The van der Waals surface area contributed by atoms with Crippen molar-refractivity contribution in [3.63, 3.8) is 0 Å². The Bertz CT molecular complexity index is 1200. The lowest BCUT2D eigenvalue weighted by atomic mass is 10.1. The number of aryl methyl sites for hydroxylation is 3. The van der Waals surface area contributed by atoms with Gasteiger partial charge < -0.3 is 14.6 Å². The summed E-state index contributed by atoms with van der Waals surface area (Å²) in [7, 11) is 0. The molecule has 1 aromatic heterocycles. The molecule has 4 aromatic rings. The molecule has 0 spiro atoms. The summed E-state index contributed by atoms with van der Waals surface area (Å²) in [5, 5.41) is 3.03. The Balaban J connectivity index is 1.45. The van der Waals surface area contributed by atoms with Crippen molar-refractivity contribution in [2.75, 3.05) is 6.61 Å². The van der Waals surface area contributed by atoms with Gasteiger partial charge in [-0.05, 0) is 55.7 Å². The van der Waals surface area contributed by atoms with Crippen molar-refractivity contribution in [3.05, 3.63) is 95.3 Å². The molecule has 0 atom stereocenters. The number of nitrogens with zero attached hydrogens (tertiary/aromatic N) is 2. The molecule has 1 N–H and O–H groups in total. The summed E-state index contributed by atoms with van der Waals surface area (Å²) >= 11 is 0. The number of rotatable bonds is 8. The van der Waals surface area contributed by atoms with Crippen molar-refractivity contribution in [1.29, 1.82) is 0 Å². The fourth-order valence-electron chi connectivity index (χ4n) is 3.72. The third-order valence-corrected chi connectivity index (χ3v) is 5.41. The van der Waals surface area contributed by atoms with Gasteiger partial charge in [-0.3, -0.25) is 4.79 Å². The molecule has 0 aliphatic rings. The SMILES string of the molecule is Cc1ccccc1OCCCn1c(CNC(=O)c2ccccc2C)nc2ccccc21. The summed E-state index contributed by atoms with van der Waals surface area (Å²) in [5.41, 5.74) is 4.79. The summed E-state index contributed by atoms with van der Waals surface area (Å²) < 4.78 is 8.13. The van der Waals surface area contributed by atoms with Crippen molar-refractivity contribution in [2.45, 2.75) is 33.4 Å². The average molecular weight is 414 g/mol. The maximum atomic E-state index is 12.6. The predicted octanol–water partition coefficient (Wildman–Crippen LogP) is 5.05. The number of fused-ring (bicyclic) bond motifs is 1. The normalized spacial score (nSPS) is 10.9. The second-order valence-corrected chi connectivity index (χ2v) is 7.63. The largest absolute Gasteiger partial charge is 0.493 e. The van der Waals surface area contributed by atoms with E-state index in [9.17, 15) is 4.79 Å². The van der Waals surface area contributed by atoms with Crippen LogP contribution in [0.25, 0.3) is 11.0 Å². The Morgan fingerprint density at radius 2 is 1.65 bits per heavy atom. The van der Waals surface area contributed by atoms with Crippen molar-refractivity contribution in [2.24, 2.45) is 0 Å². The van der Waals surface area contributed by atoms with E-state index >= 15 is 0 Å². The van der Waals surface area contributed by atoms with Crippen molar-refractivity contribution in [3.8, 4) is 5.75 Å². The van der Waals surface area contributed by atoms with Gasteiger partial charge in [0, 0.05) is 12.1 Å². The number of para-hydroxylation sites is 3. The maximum absolute atomic E-state index is 12.6. The fraction of sp³-hybridized carbons (Fsp3) is 0.231. The molecule has 5 nitrogen and oxygen atoms in total. The van der Waals surface area contributed by atoms with Crippen LogP contribution in [0.2, 0.25) is 0 Å². The second kappa shape index (κ2) is 9.47. The monoisotopic (exact) mass is 413 g/mol. The Morgan fingerprint density at radius 3 is 2.45 bits per heavy atom. The Kier molecular flexibility index (Phi) is 6.32. The molecule has 1 amide bonds. The molecule has 158 valence electrons. The van der Waals surface area contributed by atoms with Crippen LogP contribution in [0.3, 0.4) is 0 Å². The minimum absolute atomic E-state index is 0.0837. The van der Waals surface area contributed by atoms with E-state index < -0.39 is 0 Å². The first-order chi connectivity index (χ1) is 15.1. The van der Waals surface area contributed by atoms with Crippen LogP contribution in [-0.2, 0) is 13.1 Å². The number of amides is 1. The van der Waals surface area contributed by atoms with Crippen LogP contribution >= 0.6 is 0 Å². The minimum atomic E-state index is -0.0837. The van der Waals surface area contributed by atoms with Gasteiger partial charge >= 0.3 is 0 Å². The van der Waals surface area contributed by atoms with Gasteiger partial charge in [-0.25, -0.2) is 4.98 Å². The van der Waals surface area contributed by atoms with E-state index in [0.29, 0.717) is 18.7 Å². The first-order valence-corrected chi connectivity index (χ1v) is 10.6. The zero-order valence-electron chi connectivity index (χ0n) is 18.0. The van der Waals surface area contributed by atoms with Crippen molar-refractivity contribution < 1.29 is 9.53 Å². The molecular weight excluding hydrogens is 386 g/mol. The number of ether oxygens (including phenoxy) is 1. The zero-order chi connectivity index (χ0) is 21.6. The van der Waals surface area contributed by atoms with E-state index in [2.05, 4.69) is 16.0 Å². The molecule has 3 aromatic carbocycles. The van der Waals surface area contributed by atoms with E-state index in [1.54, 1.807) is 0 Å². The lowest BCUT2D eigenvalue weighted by Gasteiger charge is -2.12. The second-order valence-electron chi connectivity index (χ2n) is 7.63. The highest BCUT2D eigenvalue weighted by molar-refractivity contribution is 5.95. The van der Waals surface area contributed by atoms with Gasteiger partial charge in [0.2, 0.25) is 0 Å². The molecule has 0 saturated heterocycles. The van der Waals surface area contributed by atoms with Crippen molar-refractivity contribution in [1.82, 2.24) is 14.9 Å². The summed E-state index contributed by atoms with van der Waals surface area (Å²) in [6, 6.07) is 23.7. The van der Waals surface area contributed by atoms with Crippen LogP contribution in [-0.4, -0.2) is 22.1 Å². The Hall–Kier alpha value is -3.60. The van der Waals surface area contributed by atoms with E-state index in [4.69, 9.17) is 9.72 Å². The van der Waals surface area contributed by atoms with Crippen LogP contribution in [0.1, 0.15) is 33.7 Å². The van der Waals surface area contributed by atoms with E-state index in [-0.39, 0.29) is 5.91 Å². The van der Waals surface area contributed by atoms with Gasteiger partial charge in [-0.1, -0.05) is 48.5 Å². The summed E-state index contributed by atoms with van der Waals surface area (Å²) in [5.74, 6) is 1.68. The molecule has 5 heteroatoms. The highest BCUT2D eigenvalue weighted by Crippen LogP contribution is 2.19. The smallest absolute Gasteiger partial charge is 0.251 e. The lowest BCUT2D eigenvalue weighted by Crippen LogP contribution is -2.25. The molecule has 0 fully saturated rings. The average Bonchev–Trinajstić information content (AvgIpc) is 3.14. The van der Waals surface area contributed by atoms with E-state index in [0.717, 1.165) is 46.7 Å². The predicted molar refractivity (Wildman–Crippen MR) is 123 cm³/mol. The summed E-state index contributed by atoms with van der Waals surface area (Å²) in [6.07, 6.45) is 0.841. The molecular formula is C26H27N3O2. The number of aromatic nitrogens is 2. The third-order valence-electron chi connectivity index (χ3n) is 5.41. The molecule has 1 heterocycles. The zero-order valence-corrected chi connectivity index (χ0v) is 18.0. The number of carbonyl (C=O) groups excluding carboxylic acids is 1. The number of hydrogen-bond acceptors (Lipinski definition) is 3. The molecule has 0 bridgehead atoms. The van der Waals surface area contributed by atoms with Crippen molar-refractivity contribution >= 4 is 16.9 Å². The van der Waals surface area contributed by atoms with Crippen LogP contribution in [0.4, 0.5) is 0 Å². The molecule has 31 heavy (non-hydrogen) atoms. The number of carbonyl (C=O) groups is 1. The van der Waals surface area contributed by atoms with Gasteiger partial charge in [0.05, 0.1) is 24.2 Å². The van der Waals surface area contributed by atoms with Gasteiger partial charge in [-0.15, -0.1) is 0 Å².